The van der Waals surface area contributed by atoms with Crippen molar-refractivity contribution < 1.29 is 19.4 Å². The maximum absolute atomic E-state index is 13.2. The van der Waals surface area contributed by atoms with Gasteiger partial charge in [0.2, 0.25) is 0 Å². The number of aromatic nitrogens is 1. The summed E-state index contributed by atoms with van der Waals surface area (Å²) in [4.78, 5) is 17.4. The van der Waals surface area contributed by atoms with Crippen molar-refractivity contribution in [3.63, 3.8) is 0 Å². The first-order valence-corrected chi connectivity index (χ1v) is 10.9. The van der Waals surface area contributed by atoms with Crippen LogP contribution in [0.3, 0.4) is 0 Å². The van der Waals surface area contributed by atoms with Crippen LogP contribution in [0.5, 0.6) is 0 Å². The summed E-state index contributed by atoms with van der Waals surface area (Å²) in [6.45, 7) is 6.79. The third kappa shape index (κ3) is 2.84. The molecule has 1 aromatic heterocycles. The minimum atomic E-state index is -0.619. The molecular formula is C24H31NO4. The van der Waals surface area contributed by atoms with Crippen LogP contribution in [0.1, 0.15) is 51.7 Å². The molecule has 0 bridgehead atoms. The predicted octanol–water partition coefficient (Wildman–Crippen LogP) is 3.34. The normalized spacial score (nSPS) is 49.7. The number of ether oxygens (including phenoxy) is 2. The molecule has 2 aliphatic heterocycles. The Balaban J connectivity index is 1.45. The van der Waals surface area contributed by atoms with Crippen LogP contribution in [-0.4, -0.2) is 40.3 Å². The lowest BCUT2D eigenvalue weighted by Crippen LogP contribution is -2.70. The van der Waals surface area contributed by atoms with Gasteiger partial charge in [0, 0.05) is 42.5 Å². The zero-order chi connectivity index (χ0) is 20.4. The summed E-state index contributed by atoms with van der Waals surface area (Å²) in [5.74, 6) is 0.484. The number of carbonyl (C=O) groups excluding carboxylic acids is 1. The Kier molecular flexibility index (Phi) is 4.65. The van der Waals surface area contributed by atoms with Crippen LogP contribution in [0.25, 0.3) is 0 Å². The third-order valence-electron chi connectivity index (χ3n) is 8.38. The fourth-order valence-electron chi connectivity index (χ4n) is 6.81. The van der Waals surface area contributed by atoms with E-state index in [1.165, 1.54) is 0 Å². The molecule has 3 heterocycles. The standard InChI is InChI=1S/C24H31NO4/c1-14-6-7-20(26)24(3)17(14)8-9-23(2)22(24)21(27)16-13-28-18(11-19(16)29-23)15-5-4-10-25-12-15/h4-6,9-10,12,14,16-19,21-22,27H,7-8,11,13H2,1-3H3/t14?,16?,17?,18?,19?,21-,22?,23?,24?/m1/s1. The highest BCUT2D eigenvalue weighted by molar-refractivity contribution is 5.87. The van der Waals surface area contributed by atoms with Gasteiger partial charge in [-0.3, -0.25) is 9.78 Å². The number of aliphatic hydroxyl groups excluding tert-OH is 1. The van der Waals surface area contributed by atoms with Gasteiger partial charge in [0.05, 0.1) is 30.5 Å². The van der Waals surface area contributed by atoms with Gasteiger partial charge in [-0.05, 0) is 49.7 Å². The molecule has 29 heavy (non-hydrogen) atoms. The minimum absolute atomic E-state index is 0.0739. The molecule has 2 aliphatic carbocycles. The second-order valence-corrected chi connectivity index (χ2v) is 9.87. The Morgan fingerprint density at radius 2 is 2.14 bits per heavy atom. The van der Waals surface area contributed by atoms with Crippen molar-refractivity contribution in [1.82, 2.24) is 4.98 Å². The van der Waals surface area contributed by atoms with E-state index in [-0.39, 0.29) is 35.7 Å². The molecule has 1 N–H and O–H groups in total. The molecule has 4 aliphatic rings. The fraction of sp³-hybridized carbons (Fsp3) is 0.667. The number of hydrogen-bond acceptors (Lipinski definition) is 5. The van der Waals surface area contributed by atoms with Gasteiger partial charge < -0.3 is 14.6 Å². The topological polar surface area (TPSA) is 68.7 Å². The zero-order valence-electron chi connectivity index (χ0n) is 17.5. The van der Waals surface area contributed by atoms with Gasteiger partial charge in [0.15, 0.2) is 0 Å². The van der Waals surface area contributed by atoms with Crippen molar-refractivity contribution in [2.24, 2.45) is 29.1 Å². The summed E-state index contributed by atoms with van der Waals surface area (Å²) in [6.07, 6.45) is 9.23. The number of pyridine rings is 1. The minimum Gasteiger partial charge on any atom is -0.392 e. The highest BCUT2D eigenvalue weighted by Gasteiger charge is 2.66. The maximum Gasteiger partial charge on any atom is 0.139 e. The summed E-state index contributed by atoms with van der Waals surface area (Å²) in [6, 6.07) is 3.94. The monoisotopic (exact) mass is 397 g/mol. The first-order chi connectivity index (χ1) is 13.8. The van der Waals surface area contributed by atoms with Crippen molar-refractivity contribution in [2.75, 3.05) is 6.61 Å². The molecule has 156 valence electrons. The van der Waals surface area contributed by atoms with Gasteiger partial charge in [-0.2, -0.15) is 0 Å². The molecule has 4 fully saturated rings. The van der Waals surface area contributed by atoms with E-state index in [2.05, 4.69) is 38.6 Å². The maximum atomic E-state index is 13.2. The molecule has 2 radical (unpaired) electrons. The highest BCUT2D eigenvalue weighted by atomic mass is 16.5. The zero-order valence-corrected chi connectivity index (χ0v) is 17.5. The molecule has 0 spiro atoms. The molecule has 1 aromatic rings. The smallest absolute Gasteiger partial charge is 0.139 e. The lowest BCUT2D eigenvalue weighted by atomic mass is 9.46. The molecule has 5 heteroatoms. The predicted molar refractivity (Wildman–Crippen MR) is 107 cm³/mol. The van der Waals surface area contributed by atoms with Crippen molar-refractivity contribution in [2.45, 2.75) is 63.9 Å². The van der Waals surface area contributed by atoms with Gasteiger partial charge >= 0.3 is 0 Å². The molecule has 0 amide bonds. The van der Waals surface area contributed by atoms with E-state index in [1.807, 2.05) is 18.3 Å². The second kappa shape index (κ2) is 6.86. The molecule has 2 saturated heterocycles. The number of Topliss-reactive ketones (excluding diaryl/α,β-unsaturated/α-hetero) is 1. The van der Waals surface area contributed by atoms with Gasteiger partial charge in [-0.1, -0.05) is 19.9 Å². The summed E-state index contributed by atoms with van der Waals surface area (Å²) in [7, 11) is 0. The van der Waals surface area contributed by atoms with Crippen LogP contribution in [0, 0.1) is 41.9 Å². The number of hydrogen-bond donors (Lipinski definition) is 1. The van der Waals surface area contributed by atoms with Gasteiger partial charge in [0.25, 0.3) is 0 Å². The van der Waals surface area contributed by atoms with Crippen LogP contribution in [0.2, 0.25) is 0 Å². The van der Waals surface area contributed by atoms with E-state index >= 15 is 0 Å². The van der Waals surface area contributed by atoms with Crippen molar-refractivity contribution >= 4 is 5.78 Å². The number of ketones is 1. The number of carbonyl (C=O) groups is 1. The molecule has 5 rings (SSSR count). The Hall–Kier alpha value is -1.30. The second-order valence-electron chi connectivity index (χ2n) is 9.87. The summed E-state index contributed by atoms with van der Waals surface area (Å²) >= 11 is 0. The van der Waals surface area contributed by atoms with E-state index in [9.17, 15) is 9.90 Å². The van der Waals surface area contributed by atoms with E-state index in [4.69, 9.17) is 9.47 Å². The Morgan fingerprint density at radius 1 is 1.31 bits per heavy atom. The number of fused-ring (bicyclic) bond motifs is 4. The average Bonchev–Trinajstić information content (AvgIpc) is 2.71. The summed E-state index contributed by atoms with van der Waals surface area (Å²) in [5, 5.41) is 11.6. The Morgan fingerprint density at radius 3 is 2.90 bits per heavy atom. The Labute approximate surface area is 173 Å². The number of rotatable bonds is 1. The van der Waals surface area contributed by atoms with Gasteiger partial charge in [0.1, 0.15) is 5.78 Å². The Bertz CT molecular complexity index is 784. The summed E-state index contributed by atoms with van der Waals surface area (Å²) in [5.41, 5.74) is -0.125. The lowest BCUT2D eigenvalue weighted by molar-refractivity contribution is -0.282. The molecule has 8 unspecified atom stereocenters. The van der Waals surface area contributed by atoms with Crippen molar-refractivity contribution in [3.8, 4) is 0 Å². The van der Waals surface area contributed by atoms with E-state index in [0.29, 0.717) is 25.4 Å². The van der Waals surface area contributed by atoms with Crippen molar-refractivity contribution in [1.29, 1.82) is 0 Å². The quantitative estimate of drug-likeness (QED) is 0.787. The number of aliphatic hydroxyl groups is 1. The van der Waals surface area contributed by atoms with Crippen LogP contribution >= 0.6 is 0 Å². The number of nitrogens with zero attached hydrogens (tertiary/aromatic N) is 1. The van der Waals surface area contributed by atoms with Crippen LogP contribution < -0.4 is 0 Å². The van der Waals surface area contributed by atoms with Crippen LogP contribution in [0.15, 0.2) is 24.5 Å². The fourth-order valence-corrected chi connectivity index (χ4v) is 6.81. The average molecular weight is 398 g/mol. The molecule has 5 nitrogen and oxygen atoms in total. The molecular weight excluding hydrogens is 366 g/mol. The summed E-state index contributed by atoms with van der Waals surface area (Å²) < 4.78 is 12.9. The first kappa shape index (κ1) is 19.7. The van der Waals surface area contributed by atoms with E-state index < -0.39 is 17.1 Å². The molecule has 2 saturated carbocycles. The van der Waals surface area contributed by atoms with Gasteiger partial charge in [-0.15, -0.1) is 0 Å². The van der Waals surface area contributed by atoms with Crippen molar-refractivity contribution in [3.05, 3.63) is 42.9 Å². The van der Waals surface area contributed by atoms with Crippen LogP contribution in [-0.2, 0) is 14.3 Å². The SMILES string of the molecule is CC1[CH]CC(=O)C2(C)C1C[CH]C1(C)OC3CC(c4cccnc4)OCC3[C@@H](O)C12. The van der Waals surface area contributed by atoms with E-state index in [1.54, 1.807) is 6.20 Å². The first-order valence-electron chi connectivity index (χ1n) is 10.9. The largest absolute Gasteiger partial charge is 0.392 e. The van der Waals surface area contributed by atoms with Crippen LogP contribution in [0.4, 0.5) is 0 Å². The molecule has 9 atom stereocenters. The molecule has 0 aromatic carbocycles. The third-order valence-corrected chi connectivity index (χ3v) is 8.38. The highest BCUT2D eigenvalue weighted by Crippen LogP contribution is 2.61. The van der Waals surface area contributed by atoms with E-state index in [0.717, 1.165) is 12.0 Å². The van der Waals surface area contributed by atoms with Gasteiger partial charge in [-0.25, -0.2) is 0 Å². The lowest BCUT2D eigenvalue weighted by Gasteiger charge is -2.64.